The van der Waals surface area contributed by atoms with Crippen LogP contribution in [0.4, 0.5) is 17.1 Å². The van der Waals surface area contributed by atoms with Crippen LogP contribution in [0.3, 0.4) is 0 Å². The molecule has 3 aromatic carbocycles. The van der Waals surface area contributed by atoms with E-state index in [1.165, 1.54) is 0 Å². The Morgan fingerprint density at radius 1 is 0.750 bits per heavy atom. The Morgan fingerprint density at radius 3 is 1.78 bits per heavy atom. The smallest absolute Gasteiger partial charge is 0.205 e. The number of aromatic hydroxyl groups is 2. The van der Waals surface area contributed by atoms with Gasteiger partial charge in [-0.2, -0.15) is 4.58 Å². The molecule has 6 nitrogen and oxygen atoms in total. The molecule has 180 valence electrons. The van der Waals surface area contributed by atoms with Crippen LogP contribution in [0.15, 0.2) is 103 Å². The highest BCUT2D eigenvalue weighted by Crippen LogP contribution is 2.42. The second kappa shape index (κ2) is 9.23. The zero-order valence-corrected chi connectivity index (χ0v) is 20.0. The van der Waals surface area contributed by atoms with Crippen molar-refractivity contribution in [2.24, 2.45) is 11.8 Å². The van der Waals surface area contributed by atoms with Crippen LogP contribution in [0.2, 0.25) is 0 Å². The third kappa shape index (κ3) is 4.18. The summed E-state index contributed by atoms with van der Waals surface area (Å²) in [6.45, 7) is 0. The Balaban J connectivity index is 1.31. The molecular weight excluding hydrogens is 452 g/mol. The number of Topliss-reactive ketones (excluding diaryl/α,β-unsaturated/α-hetero) is 1. The summed E-state index contributed by atoms with van der Waals surface area (Å²) in [7, 11) is 3.86. The number of phenols is 2. The van der Waals surface area contributed by atoms with E-state index in [4.69, 9.17) is 0 Å². The molecule has 3 aromatic rings. The average Bonchev–Trinajstić information content (AvgIpc) is 2.90. The molecule has 3 N–H and O–H groups in total. The summed E-state index contributed by atoms with van der Waals surface area (Å²) in [5, 5.41) is 29.8. The van der Waals surface area contributed by atoms with Gasteiger partial charge < -0.3 is 20.2 Å². The lowest BCUT2D eigenvalue weighted by atomic mass is 9.71. The number of anilines is 2. The van der Waals surface area contributed by atoms with Crippen molar-refractivity contribution in [3.63, 3.8) is 0 Å². The molecule has 1 unspecified atom stereocenters. The van der Waals surface area contributed by atoms with Gasteiger partial charge in [0.2, 0.25) is 11.4 Å². The highest BCUT2D eigenvalue weighted by atomic mass is 16.3. The molecule has 0 saturated carbocycles. The van der Waals surface area contributed by atoms with Crippen LogP contribution in [-0.4, -0.2) is 45.5 Å². The molecule has 0 spiro atoms. The van der Waals surface area contributed by atoms with Crippen LogP contribution in [-0.2, 0) is 4.79 Å². The molecule has 36 heavy (non-hydrogen) atoms. The first-order valence-corrected chi connectivity index (χ1v) is 11.7. The van der Waals surface area contributed by atoms with Gasteiger partial charge in [0.15, 0.2) is 5.78 Å². The monoisotopic (exact) mass is 479 g/mol. The van der Waals surface area contributed by atoms with Crippen LogP contribution >= 0.6 is 0 Å². The fourth-order valence-corrected chi connectivity index (χ4v) is 4.62. The highest BCUT2D eigenvalue weighted by molar-refractivity contribution is 6.30. The number of allylic oxidation sites excluding steroid dienone is 6. The Morgan fingerprint density at radius 2 is 1.25 bits per heavy atom. The summed E-state index contributed by atoms with van der Waals surface area (Å²) < 4.78 is 1.99. The van der Waals surface area contributed by atoms with Crippen molar-refractivity contribution in [3.05, 3.63) is 108 Å². The molecule has 0 amide bonds. The average molecular weight is 480 g/mol. The number of phenolic OH excluding ortho intramolecular Hbond substituents is 2. The van der Waals surface area contributed by atoms with Gasteiger partial charge >= 0.3 is 0 Å². The molecule has 2 aliphatic rings. The number of rotatable bonds is 5. The summed E-state index contributed by atoms with van der Waals surface area (Å²) in [6.07, 6.45) is 7.78. The van der Waals surface area contributed by atoms with Crippen molar-refractivity contribution in [1.82, 2.24) is 0 Å². The first-order chi connectivity index (χ1) is 17.3. The number of benzene rings is 3. The maximum absolute atomic E-state index is 13.1. The Hall–Kier alpha value is -4.58. The molecule has 0 aromatic heterocycles. The number of hydrogen-bond acceptors (Lipinski definition) is 5. The Labute approximate surface area is 209 Å². The Bertz CT molecular complexity index is 1410. The van der Waals surface area contributed by atoms with Gasteiger partial charge in [-0.05, 0) is 54.1 Å². The van der Waals surface area contributed by atoms with Crippen molar-refractivity contribution in [1.29, 1.82) is 0 Å². The molecule has 0 saturated heterocycles. The molecule has 6 heteroatoms. The number of nitrogens with zero attached hydrogens (tertiary/aromatic N) is 2. The fourth-order valence-electron chi connectivity index (χ4n) is 4.62. The second-order valence-electron chi connectivity index (χ2n) is 9.02. The Kier molecular flexibility index (Phi) is 5.94. The summed E-state index contributed by atoms with van der Waals surface area (Å²) in [5.74, 6) is -0.307. The molecule has 1 atom stereocenters. The van der Waals surface area contributed by atoms with Gasteiger partial charge in [0.25, 0.3) is 0 Å². The number of ketones is 1. The van der Waals surface area contributed by atoms with Gasteiger partial charge in [-0.25, -0.2) is 0 Å². The van der Waals surface area contributed by atoms with Crippen molar-refractivity contribution in [2.75, 3.05) is 19.0 Å². The van der Waals surface area contributed by atoms with E-state index in [1.54, 1.807) is 24.3 Å². The number of carbonyl (C=O) groups is 1. The van der Waals surface area contributed by atoms with Crippen molar-refractivity contribution in [3.8, 4) is 11.5 Å². The van der Waals surface area contributed by atoms with E-state index in [2.05, 4.69) is 0 Å². The zero-order valence-electron chi connectivity index (χ0n) is 20.0. The SMILES string of the molecule is CN(c1ccc(O)cc1)c1ccc(C2=C(O)C(C3C=CC(=[N+](C)c4ccc(O)cc4)C=C3)C2=O)cc1. The molecule has 0 fully saturated rings. The van der Waals surface area contributed by atoms with Crippen LogP contribution in [0, 0.1) is 11.8 Å². The van der Waals surface area contributed by atoms with Crippen LogP contribution < -0.4 is 4.90 Å². The van der Waals surface area contributed by atoms with Gasteiger partial charge in [0.05, 0.1) is 11.5 Å². The number of carbonyl (C=O) groups excluding carboxylic acids is 1. The highest BCUT2D eigenvalue weighted by Gasteiger charge is 2.44. The van der Waals surface area contributed by atoms with Crippen LogP contribution in [0.1, 0.15) is 5.56 Å². The topological polar surface area (TPSA) is 84.0 Å². The molecule has 2 aliphatic carbocycles. The maximum Gasteiger partial charge on any atom is 0.205 e. The summed E-state index contributed by atoms with van der Waals surface area (Å²) in [4.78, 5) is 15.0. The lowest BCUT2D eigenvalue weighted by molar-refractivity contribution is -0.403. The van der Waals surface area contributed by atoms with E-state index in [0.717, 1.165) is 22.8 Å². The minimum Gasteiger partial charge on any atom is -0.511 e. The van der Waals surface area contributed by atoms with E-state index in [9.17, 15) is 20.1 Å². The van der Waals surface area contributed by atoms with E-state index >= 15 is 0 Å². The first kappa shape index (κ1) is 23.2. The molecule has 0 aliphatic heterocycles. The summed E-state index contributed by atoms with van der Waals surface area (Å²) >= 11 is 0. The second-order valence-corrected chi connectivity index (χ2v) is 9.02. The third-order valence-corrected chi connectivity index (χ3v) is 6.85. The molecule has 0 bridgehead atoms. The van der Waals surface area contributed by atoms with Crippen molar-refractivity contribution < 1.29 is 24.7 Å². The molecule has 5 rings (SSSR count). The summed E-state index contributed by atoms with van der Waals surface area (Å²) in [6, 6.07) is 21.4. The standard InChI is InChI=1S/C30H26N2O4/c1-31(23-11-15-25(33)16-12-23)21-7-3-19(4-8-21)27-29(35)28(30(27)36)20-5-9-22(10-6-20)32(2)24-13-17-26(34)18-14-24/h3-19,27H,1-2H3,(H2-,33,34,35,36)/p+1. The summed E-state index contributed by atoms with van der Waals surface area (Å²) in [5.41, 5.74) is 4.79. The minimum atomic E-state index is -0.577. The van der Waals surface area contributed by atoms with Crippen LogP contribution in [0.5, 0.6) is 11.5 Å². The predicted octanol–water partition coefficient (Wildman–Crippen LogP) is 5.49. The van der Waals surface area contributed by atoms with Crippen molar-refractivity contribution in [2.45, 2.75) is 0 Å². The van der Waals surface area contributed by atoms with Gasteiger partial charge in [-0.1, -0.05) is 24.3 Å². The lowest BCUT2D eigenvalue weighted by Gasteiger charge is -2.32. The lowest BCUT2D eigenvalue weighted by Crippen LogP contribution is -2.35. The quantitative estimate of drug-likeness (QED) is 0.422. The zero-order chi connectivity index (χ0) is 25.4. The van der Waals surface area contributed by atoms with E-state index in [0.29, 0.717) is 11.1 Å². The predicted molar refractivity (Wildman–Crippen MR) is 141 cm³/mol. The van der Waals surface area contributed by atoms with Gasteiger partial charge in [-0.15, -0.1) is 0 Å². The van der Waals surface area contributed by atoms with Crippen molar-refractivity contribution >= 4 is 34.1 Å². The largest absolute Gasteiger partial charge is 0.511 e. The van der Waals surface area contributed by atoms with Crippen LogP contribution in [0.25, 0.3) is 5.57 Å². The number of aliphatic hydroxyl groups is 1. The normalized spacial score (nSPS) is 18.8. The molecular formula is C30H27N2O4+. The van der Waals surface area contributed by atoms with E-state index < -0.39 is 5.92 Å². The van der Waals surface area contributed by atoms with Gasteiger partial charge in [0, 0.05) is 48.6 Å². The molecule has 0 radical (unpaired) electrons. The first-order valence-electron chi connectivity index (χ1n) is 11.7. The molecule has 0 heterocycles. The van der Waals surface area contributed by atoms with E-state index in [1.807, 2.05) is 96.4 Å². The third-order valence-electron chi connectivity index (χ3n) is 6.85. The maximum atomic E-state index is 13.1. The van der Waals surface area contributed by atoms with E-state index in [-0.39, 0.29) is 29.0 Å². The fraction of sp³-hybridized carbons (Fsp3) is 0.133. The number of hydrogen-bond donors (Lipinski definition) is 3. The van der Waals surface area contributed by atoms with Gasteiger partial charge in [-0.3, -0.25) is 4.79 Å². The minimum absolute atomic E-state index is 0.0678. The number of aliphatic hydroxyl groups excluding tert-OH is 1. The van der Waals surface area contributed by atoms with Gasteiger partial charge in [0.1, 0.15) is 24.3 Å².